The van der Waals surface area contributed by atoms with Crippen LogP contribution in [0, 0.1) is 23.7 Å². The van der Waals surface area contributed by atoms with E-state index in [-0.39, 0.29) is 23.9 Å². The van der Waals surface area contributed by atoms with Crippen molar-refractivity contribution in [3.8, 4) is 23.7 Å². The lowest BCUT2D eigenvalue weighted by Gasteiger charge is -2.37. The van der Waals surface area contributed by atoms with Crippen molar-refractivity contribution in [3.63, 3.8) is 0 Å². The molecule has 1 atom stereocenters. The summed E-state index contributed by atoms with van der Waals surface area (Å²) in [5, 5.41) is 10.5. The summed E-state index contributed by atoms with van der Waals surface area (Å²) in [5.74, 6) is 11.5. The molecule has 2 aliphatic heterocycles. The van der Waals surface area contributed by atoms with Crippen molar-refractivity contribution >= 4 is 35.3 Å². The number of unbranched alkanes of at least 4 members (excludes halogenated alkanes) is 3. The zero-order chi connectivity index (χ0) is 38.2. The first-order valence-electron chi connectivity index (χ1n) is 18.4. The highest BCUT2D eigenvalue weighted by molar-refractivity contribution is 5.81. The van der Waals surface area contributed by atoms with Gasteiger partial charge in [0.15, 0.2) is 0 Å². The van der Waals surface area contributed by atoms with Crippen LogP contribution in [0.2, 0.25) is 0 Å². The van der Waals surface area contributed by atoms with Gasteiger partial charge in [-0.15, -0.1) is 0 Å². The number of rotatable bonds is 12. The highest BCUT2D eigenvalue weighted by Gasteiger charge is 2.29. The maximum Gasteiger partial charge on any atom is 0.320 e. The molecule has 2 saturated heterocycles. The molecule has 13 nitrogen and oxygen atoms in total. The van der Waals surface area contributed by atoms with E-state index in [0.717, 1.165) is 24.0 Å². The summed E-state index contributed by atoms with van der Waals surface area (Å²) in [4.78, 5) is 61.5. The normalized spacial score (nSPS) is 14.7. The third-order valence-corrected chi connectivity index (χ3v) is 9.46. The molecule has 2 aliphatic rings. The monoisotopic (exact) mass is 726 g/mol. The molecule has 284 valence electrons. The second kappa shape index (κ2) is 20.6. The van der Waals surface area contributed by atoms with Crippen LogP contribution in [0.1, 0.15) is 56.1 Å². The average Bonchev–Trinajstić information content (AvgIpc) is 3.17. The summed E-state index contributed by atoms with van der Waals surface area (Å²) in [6, 6.07) is 14.7. The fourth-order valence-electron chi connectivity index (χ4n) is 6.26. The molecule has 6 amide bonds. The topological polar surface area (TPSA) is 160 Å². The van der Waals surface area contributed by atoms with Crippen LogP contribution in [0.25, 0.3) is 0 Å². The van der Waals surface area contributed by atoms with Gasteiger partial charge in [-0.25, -0.2) is 9.59 Å². The summed E-state index contributed by atoms with van der Waals surface area (Å²) in [7, 11) is 3.53. The van der Waals surface area contributed by atoms with Crippen LogP contribution in [-0.2, 0) is 22.7 Å². The van der Waals surface area contributed by atoms with Crippen LogP contribution in [0.3, 0.4) is 0 Å². The number of hydrogen-bond donors (Lipinski definition) is 3. The Bertz CT molecular complexity index is 1640. The van der Waals surface area contributed by atoms with Crippen LogP contribution >= 0.6 is 0 Å². The molecule has 0 saturated carbocycles. The van der Waals surface area contributed by atoms with E-state index >= 15 is 0 Å². The Balaban J connectivity index is 1.01. The summed E-state index contributed by atoms with van der Waals surface area (Å²) in [6.07, 6.45) is 2.95. The van der Waals surface area contributed by atoms with Gasteiger partial charge in [0, 0.05) is 110 Å². The molecule has 4 rings (SSSR count). The zero-order valence-electron chi connectivity index (χ0n) is 31.1. The Kier molecular flexibility index (Phi) is 15.7. The van der Waals surface area contributed by atoms with Gasteiger partial charge in [-0.2, -0.15) is 0 Å². The Hall–Kier alpha value is -5.40. The summed E-state index contributed by atoms with van der Waals surface area (Å²) in [5.41, 5.74) is 14.8. The Labute approximate surface area is 313 Å². The first-order chi connectivity index (χ1) is 25.5. The van der Waals surface area contributed by atoms with Crippen molar-refractivity contribution in [2.24, 2.45) is 0 Å². The minimum Gasteiger partial charge on any atom is -0.399 e. The molecule has 1 unspecified atom stereocenters. The number of amides is 6. The molecule has 0 aliphatic carbocycles. The third kappa shape index (κ3) is 13.0. The fraction of sp³-hybridized carbons (Fsp3) is 0.500. The van der Waals surface area contributed by atoms with Gasteiger partial charge in [0.1, 0.15) is 6.10 Å². The number of carbonyl (C=O) groups excluding carboxylic acids is 4. The number of aliphatic hydroxyl groups is 1. The van der Waals surface area contributed by atoms with Crippen molar-refractivity contribution in [1.82, 2.24) is 29.4 Å². The van der Waals surface area contributed by atoms with Gasteiger partial charge in [-0.1, -0.05) is 36.1 Å². The first kappa shape index (κ1) is 40.4. The van der Waals surface area contributed by atoms with Crippen molar-refractivity contribution in [2.45, 2.75) is 64.1 Å². The van der Waals surface area contributed by atoms with Crippen molar-refractivity contribution in [3.05, 3.63) is 59.7 Å². The van der Waals surface area contributed by atoms with E-state index in [1.807, 2.05) is 53.4 Å². The standard InChI is InChI=1S/C40H54N8O5/c1-43(30-32-14-18-34(41)19-15-32)39(52)47-26-22-45(23-27-47)37(50)13-11-9-7-5-3-4-6-8-10-12-36(49)38(51)46-24-28-48(29-25-46)40(53)44(2)31-33-16-20-35(42)21-17-33/h14-21,36,49H,7-13,22-31,41-42H2,1-2H3. The molecule has 0 spiro atoms. The Morgan fingerprint density at radius 3 is 1.53 bits per heavy atom. The van der Waals surface area contributed by atoms with Crippen LogP contribution in [0.5, 0.6) is 0 Å². The van der Waals surface area contributed by atoms with E-state index in [4.69, 9.17) is 11.5 Å². The number of nitrogens with two attached hydrogens (primary N) is 2. The number of aliphatic hydroxyl groups excluding tert-OH is 1. The highest BCUT2D eigenvalue weighted by atomic mass is 16.3. The van der Waals surface area contributed by atoms with Gasteiger partial charge in [0.25, 0.3) is 5.91 Å². The smallest absolute Gasteiger partial charge is 0.320 e. The number of nitrogens with zero attached hydrogens (tertiary/aromatic N) is 6. The Morgan fingerprint density at radius 1 is 0.642 bits per heavy atom. The van der Waals surface area contributed by atoms with Gasteiger partial charge in [0.2, 0.25) is 5.91 Å². The molecule has 53 heavy (non-hydrogen) atoms. The maximum absolute atomic E-state index is 12.9. The molecular formula is C40H54N8O5. The fourth-order valence-corrected chi connectivity index (χ4v) is 6.26. The second-order valence-electron chi connectivity index (χ2n) is 13.7. The van der Waals surface area contributed by atoms with Crippen molar-refractivity contribution < 1.29 is 24.3 Å². The SMILES string of the molecule is CN(Cc1ccc(N)cc1)C(=O)N1CCN(C(=O)CCCCC#CC#CCCCC(O)C(=O)N2CCN(C(=O)N(C)Cc3ccc(N)cc3)CC2)CC1. The minimum atomic E-state index is -1.10. The summed E-state index contributed by atoms with van der Waals surface area (Å²) < 4.78 is 0. The molecule has 2 aromatic rings. The molecule has 13 heteroatoms. The third-order valence-electron chi connectivity index (χ3n) is 9.46. The molecule has 2 fully saturated rings. The highest BCUT2D eigenvalue weighted by Crippen LogP contribution is 2.14. The maximum atomic E-state index is 12.9. The lowest BCUT2D eigenvalue weighted by molar-refractivity contribution is -0.142. The van der Waals surface area contributed by atoms with Crippen LogP contribution in [0.15, 0.2) is 48.5 Å². The number of hydrogen-bond acceptors (Lipinski definition) is 7. The average molecular weight is 727 g/mol. The van der Waals surface area contributed by atoms with Gasteiger partial charge in [0.05, 0.1) is 0 Å². The summed E-state index contributed by atoms with van der Waals surface area (Å²) >= 11 is 0. The molecule has 5 N–H and O–H groups in total. The van der Waals surface area contributed by atoms with Gasteiger partial charge in [-0.3, -0.25) is 9.59 Å². The quantitative estimate of drug-likeness (QED) is 0.172. The lowest BCUT2D eigenvalue weighted by atomic mass is 10.1. The molecular weight excluding hydrogens is 672 g/mol. The number of carbonyl (C=O) groups is 4. The van der Waals surface area contributed by atoms with Crippen molar-refractivity contribution in [1.29, 1.82) is 0 Å². The number of urea groups is 2. The van der Waals surface area contributed by atoms with Crippen LogP contribution in [0.4, 0.5) is 21.0 Å². The van der Waals surface area contributed by atoms with E-state index in [1.165, 1.54) is 0 Å². The second-order valence-corrected chi connectivity index (χ2v) is 13.7. The van der Waals surface area contributed by atoms with Crippen molar-refractivity contribution in [2.75, 3.05) is 77.9 Å². The van der Waals surface area contributed by atoms with E-state index in [1.54, 1.807) is 38.6 Å². The van der Waals surface area contributed by atoms with E-state index in [2.05, 4.69) is 23.7 Å². The zero-order valence-corrected chi connectivity index (χ0v) is 31.1. The predicted octanol–water partition coefficient (Wildman–Crippen LogP) is 3.04. The van der Waals surface area contributed by atoms with Gasteiger partial charge in [-0.05, 0) is 72.9 Å². The molecule has 0 bridgehead atoms. The predicted molar refractivity (Wildman–Crippen MR) is 206 cm³/mol. The molecule has 2 heterocycles. The van der Waals surface area contributed by atoms with Crippen LogP contribution < -0.4 is 11.5 Å². The van der Waals surface area contributed by atoms with Gasteiger partial charge < -0.3 is 46.0 Å². The lowest BCUT2D eigenvalue weighted by Crippen LogP contribution is -2.55. The Morgan fingerprint density at radius 2 is 1.06 bits per heavy atom. The van der Waals surface area contributed by atoms with E-state index in [9.17, 15) is 24.3 Å². The van der Waals surface area contributed by atoms with E-state index in [0.29, 0.717) is 109 Å². The molecule has 0 radical (unpaired) electrons. The summed E-state index contributed by atoms with van der Waals surface area (Å²) in [6.45, 7) is 4.65. The minimum absolute atomic E-state index is 0.0457. The number of anilines is 2. The number of nitrogen functional groups attached to an aromatic ring is 2. The molecule has 2 aromatic carbocycles. The number of piperazine rings is 2. The number of benzene rings is 2. The van der Waals surface area contributed by atoms with Gasteiger partial charge >= 0.3 is 12.1 Å². The van der Waals surface area contributed by atoms with E-state index < -0.39 is 6.10 Å². The largest absolute Gasteiger partial charge is 0.399 e. The first-order valence-corrected chi connectivity index (χ1v) is 18.4. The molecule has 0 aromatic heterocycles. The van der Waals surface area contributed by atoms with Crippen LogP contribution in [-0.4, -0.2) is 131 Å².